The second kappa shape index (κ2) is 4.30. The Balaban J connectivity index is 2.29. The predicted octanol–water partition coefficient (Wildman–Crippen LogP) is 1.30. The molecule has 0 aliphatic heterocycles. The summed E-state index contributed by atoms with van der Waals surface area (Å²) in [5.41, 5.74) is 1.85. The Morgan fingerprint density at radius 1 is 1.56 bits per heavy atom. The van der Waals surface area contributed by atoms with E-state index in [-0.39, 0.29) is 5.97 Å². The molecule has 16 heavy (non-hydrogen) atoms. The molecule has 0 amide bonds. The summed E-state index contributed by atoms with van der Waals surface area (Å²) in [7, 11) is 1.39. The molecule has 0 fully saturated rings. The van der Waals surface area contributed by atoms with Crippen LogP contribution in [0.2, 0.25) is 0 Å². The van der Waals surface area contributed by atoms with Gasteiger partial charge in [-0.1, -0.05) is 0 Å². The van der Waals surface area contributed by atoms with Crippen LogP contribution in [0, 0.1) is 6.92 Å². The molecule has 0 aliphatic carbocycles. The average molecular weight is 219 g/mol. The lowest BCUT2D eigenvalue weighted by Gasteiger charge is -2.04. The van der Waals surface area contributed by atoms with Crippen molar-refractivity contribution in [1.82, 2.24) is 14.5 Å². The van der Waals surface area contributed by atoms with Crippen LogP contribution in [0.15, 0.2) is 18.5 Å². The van der Waals surface area contributed by atoms with Crippen LogP contribution < -0.4 is 0 Å². The number of esters is 1. The molecule has 5 nitrogen and oxygen atoms in total. The second-order valence-corrected chi connectivity index (χ2v) is 3.50. The summed E-state index contributed by atoms with van der Waals surface area (Å²) in [5, 5.41) is 0. The zero-order valence-corrected chi connectivity index (χ0v) is 9.30. The van der Waals surface area contributed by atoms with Gasteiger partial charge in [-0.3, -0.25) is 9.78 Å². The smallest absolute Gasteiger partial charge is 0.307 e. The van der Waals surface area contributed by atoms with Gasteiger partial charge >= 0.3 is 5.97 Å². The Kier molecular flexibility index (Phi) is 2.85. The Morgan fingerprint density at radius 2 is 2.38 bits per heavy atom. The lowest BCUT2D eigenvalue weighted by molar-refractivity contribution is -0.140. The second-order valence-electron chi connectivity index (χ2n) is 3.50. The van der Waals surface area contributed by atoms with Gasteiger partial charge in [0, 0.05) is 12.7 Å². The lowest BCUT2D eigenvalue weighted by atomic mass is 10.4. The molecule has 0 spiro atoms. The largest absolute Gasteiger partial charge is 0.469 e. The number of carbonyl (C=O) groups is 1. The van der Waals surface area contributed by atoms with E-state index in [9.17, 15) is 4.79 Å². The maximum Gasteiger partial charge on any atom is 0.307 e. The van der Waals surface area contributed by atoms with Gasteiger partial charge in [-0.15, -0.1) is 0 Å². The first-order chi connectivity index (χ1) is 7.72. The third-order valence-corrected chi connectivity index (χ3v) is 2.51. The van der Waals surface area contributed by atoms with Gasteiger partial charge in [0.25, 0.3) is 0 Å². The number of hydrogen-bond donors (Lipinski definition) is 0. The van der Waals surface area contributed by atoms with Crippen molar-refractivity contribution in [2.75, 3.05) is 7.11 Å². The van der Waals surface area contributed by atoms with Crippen LogP contribution in [0.25, 0.3) is 11.0 Å². The van der Waals surface area contributed by atoms with Gasteiger partial charge in [-0.2, -0.15) is 0 Å². The molecular formula is C11H13N3O2. The first kappa shape index (κ1) is 10.6. The fourth-order valence-electron chi connectivity index (χ4n) is 1.68. The molecule has 0 bridgehead atoms. The summed E-state index contributed by atoms with van der Waals surface area (Å²) in [6.07, 6.45) is 3.81. The summed E-state index contributed by atoms with van der Waals surface area (Å²) >= 11 is 0. The first-order valence-corrected chi connectivity index (χ1v) is 5.06. The van der Waals surface area contributed by atoms with Crippen molar-refractivity contribution >= 4 is 17.0 Å². The number of imidazole rings is 1. The van der Waals surface area contributed by atoms with E-state index in [1.54, 1.807) is 12.4 Å². The van der Waals surface area contributed by atoms with Gasteiger partial charge in [-0.05, 0) is 13.0 Å². The van der Waals surface area contributed by atoms with Crippen molar-refractivity contribution in [3.05, 3.63) is 24.3 Å². The van der Waals surface area contributed by atoms with Crippen molar-refractivity contribution in [2.24, 2.45) is 0 Å². The van der Waals surface area contributed by atoms with E-state index in [1.165, 1.54) is 7.11 Å². The van der Waals surface area contributed by atoms with E-state index in [4.69, 9.17) is 0 Å². The number of pyridine rings is 1. The Bertz CT molecular complexity index is 519. The Morgan fingerprint density at radius 3 is 3.12 bits per heavy atom. The van der Waals surface area contributed by atoms with Gasteiger partial charge in [0.15, 0.2) is 0 Å². The van der Waals surface area contributed by atoms with Crippen LogP contribution >= 0.6 is 0 Å². The summed E-state index contributed by atoms with van der Waals surface area (Å²) in [5.74, 6) is 0.664. The molecule has 5 heteroatoms. The Hall–Kier alpha value is -1.91. The molecule has 0 atom stereocenters. The summed E-state index contributed by atoms with van der Waals surface area (Å²) in [6.45, 7) is 2.48. The number of methoxy groups -OCH3 is 1. The van der Waals surface area contributed by atoms with Crippen molar-refractivity contribution in [3.8, 4) is 0 Å². The van der Waals surface area contributed by atoms with Crippen LogP contribution in [-0.2, 0) is 16.1 Å². The molecular weight excluding hydrogens is 206 g/mol. The number of aromatic nitrogens is 3. The summed E-state index contributed by atoms with van der Waals surface area (Å²) < 4.78 is 6.58. The molecule has 2 heterocycles. The molecule has 0 aliphatic rings. The lowest BCUT2D eigenvalue weighted by Crippen LogP contribution is -2.08. The highest BCUT2D eigenvalue weighted by Crippen LogP contribution is 2.14. The molecule has 2 rings (SSSR count). The number of rotatable bonds is 3. The molecule has 0 saturated carbocycles. The van der Waals surface area contributed by atoms with E-state index >= 15 is 0 Å². The third kappa shape index (κ3) is 1.88. The van der Waals surface area contributed by atoms with Gasteiger partial charge in [0.2, 0.25) is 0 Å². The van der Waals surface area contributed by atoms with Gasteiger partial charge in [-0.25, -0.2) is 4.98 Å². The average Bonchev–Trinajstić information content (AvgIpc) is 2.62. The van der Waals surface area contributed by atoms with E-state index in [0.717, 1.165) is 16.9 Å². The van der Waals surface area contributed by atoms with Crippen LogP contribution in [0.3, 0.4) is 0 Å². The van der Waals surface area contributed by atoms with Crippen LogP contribution in [0.4, 0.5) is 0 Å². The topological polar surface area (TPSA) is 57.0 Å². The van der Waals surface area contributed by atoms with Gasteiger partial charge in [0.1, 0.15) is 5.82 Å². The van der Waals surface area contributed by atoms with Crippen molar-refractivity contribution < 1.29 is 9.53 Å². The zero-order chi connectivity index (χ0) is 11.5. The minimum atomic E-state index is -0.217. The molecule has 0 N–H and O–H groups in total. The molecule has 0 unspecified atom stereocenters. The quantitative estimate of drug-likeness (QED) is 0.730. The monoisotopic (exact) mass is 219 g/mol. The zero-order valence-electron chi connectivity index (χ0n) is 9.30. The van der Waals surface area contributed by atoms with Crippen LogP contribution in [0.1, 0.15) is 12.2 Å². The molecule has 2 aromatic rings. The molecule has 84 valence electrons. The van der Waals surface area contributed by atoms with E-state index in [1.807, 2.05) is 17.6 Å². The number of nitrogens with zero attached hydrogens (tertiary/aromatic N) is 3. The highest BCUT2D eigenvalue weighted by atomic mass is 16.5. The van der Waals surface area contributed by atoms with Crippen molar-refractivity contribution in [1.29, 1.82) is 0 Å². The third-order valence-electron chi connectivity index (χ3n) is 2.51. The maximum absolute atomic E-state index is 11.1. The summed E-state index contributed by atoms with van der Waals surface area (Å²) in [4.78, 5) is 19.5. The number of hydrogen-bond acceptors (Lipinski definition) is 4. The highest BCUT2D eigenvalue weighted by molar-refractivity contribution is 5.75. The van der Waals surface area contributed by atoms with E-state index in [2.05, 4.69) is 14.7 Å². The summed E-state index contributed by atoms with van der Waals surface area (Å²) in [6, 6.07) is 1.86. The van der Waals surface area contributed by atoms with Gasteiger partial charge in [0.05, 0.1) is 30.8 Å². The minimum Gasteiger partial charge on any atom is -0.469 e. The normalized spacial score (nSPS) is 10.6. The van der Waals surface area contributed by atoms with Crippen molar-refractivity contribution in [3.63, 3.8) is 0 Å². The minimum absolute atomic E-state index is 0.217. The predicted molar refractivity (Wildman–Crippen MR) is 58.9 cm³/mol. The first-order valence-electron chi connectivity index (χ1n) is 5.06. The Labute approximate surface area is 93.1 Å². The number of carbonyl (C=O) groups excluding carboxylic acids is 1. The van der Waals surface area contributed by atoms with E-state index < -0.39 is 0 Å². The number of aryl methyl sites for hydroxylation is 2. The van der Waals surface area contributed by atoms with E-state index in [0.29, 0.717) is 13.0 Å². The highest BCUT2D eigenvalue weighted by Gasteiger charge is 2.08. The standard InChI is InChI=1S/C11H13N3O2/c1-8-13-9-3-5-12-7-10(9)14(8)6-4-11(15)16-2/h3,5,7H,4,6H2,1-2H3. The fourth-order valence-corrected chi connectivity index (χ4v) is 1.68. The number of fused-ring (bicyclic) bond motifs is 1. The molecule has 2 aromatic heterocycles. The van der Waals surface area contributed by atoms with Crippen molar-refractivity contribution in [2.45, 2.75) is 19.9 Å². The molecule has 0 saturated heterocycles. The van der Waals surface area contributed by atoms with Gasteiger partial charge < -0.3 is 9.30 Å². The number of ether oxygens (including phenoxy) is 1. The fraction of sp³-hybridized carbons (Fsp3) is 0.364. The SMILES string of the molecule is COC(=O)CCn1c(C)nc2ccncc21. The molecule has 0 aromatic carbocycles. The maximum atomic E-state index is 11.1. The molecule has 0 radical (unpaired) electrons. The van der Waals surface area contributed by atoms with Crippen LogP contribution in [-0.4, -0.2) is 27.6 Å². The van der Waals surface area contributed by atoms with Crippen LogP contribution in [0.5, 0.6) is 0 Å².